The Labute approximate surface area is 213 Å². The zero-order valence-electron chi connectivity index (χ0n) is 21.0. The maximum Gasteiger partial charge on any atom is 0.582 e. The predicted octanol–water partition coefficient (Wildman–Crippen LogP) is 5.74. The molecule has 0 aromatic rings. The van der Waals surface area contributed by atoms with Gasteiger partial charge in [0.25, 0.3) is 0 Å². The van der Waals surface area contributed by atoms with Gasteiger partial charge in [-0.1, -0.05) is 0 Å². The van der Waals surface area contributed by atoms with Crippen LogP contribution in [0.5, 0.6) is 0 Å². The first-order valence-electron chi connectivity index (χ1n) is 10.4. The predicted molar refractivity (Wildman–Crippen MR) is 109 cm³/mol. The van der Waals surface area contributed by atoms with Crippen LogP contribution < -0.4 is 0 Å². The molecule has 0 saturated heterocycles. The third-order valence-corrected chi connectivity index (χ3v) is 8.57. The van der Waals surface area contributed by atoms with Gasteiger partial charge in [0.1, 0.15) is 0 Å². The van der Waals surface area contributed by atoms with Crippen LogP contribution in [-0.2, 0) is 26.6 Å². The van der Waals surface area contributed by atoms with Gasteiger partial charge in [-0.25, -0.2) is 0 Å². The summed E-state index contributed by atoms with van der Waals surface area (Å²) < 4.78 is 203. The average molecular weight is 633 g/mol. The molecule has 0 rings (SSSR count). The molecule has 0 atom stereocenters. The van der Waals surface area contributed by atoms with E-state index in [1.165, 1.54) is 0 Å². The van der Waals surface area contributed by atoms with Crippen LogP contribution in [0.15, 0.2) is 0 Å². The van der Waals surface area contributed by atoms with Crippen molar-refractivity contribution in [2.45, 2.75) is 69.0 Å². The van der Waals surface area contributed by atoms with Gasteiger partial charge in [0.05, 0.1) is 0 Å². The Bertz CT molecular complexity index is 657. The number of halogens is 13. The molecule has 0 aliphatic rings. The van der Waals surface area contributed by atoms with Crippen LogP contribution in [0.1, 0.15) is 33.6 Å². The van der Waals surface area contributed by atoms with Crippen molar-refractivity contribution in [3.8, 4) is 0 Å². The number of alkyl halides is 13. The quantitative estimate of drug-likeness (QED) is 0.160. The van der Waals surface area contributed by atoms with E-state index in [2.05, 4.69) is 13.3 Å². The third kappa shape index (κ3) is 8.64. The lowest BCUT2D eigenvalue weighted by Crippen LogP contribution is -2.76. The minimum Gasteiger partial charge on any atom is -0.379 e. The minimum absolute atomic E-state index is 0.909. The summed E-state index contributed by atoms with van der Waals surface area (Å²) in [5, 5.41) is 0. The highest BCUT2D eigenvalue weighted by atomic mass is 28.4. The molecule has 38 heavy (non-hydrogen) atoms. The molecule has 232 valence electrons. The van der Waals surface area contributed by atoms with E-state index in [0.29, 0.717) is 0 Å². The third-order valence-electron chi connectivity index (χ3n) is 4.33. The van der Waals surface area contributed by atoms with Gasteiger partial charge in [0.15, 0.2) is 0 Å². The van der Waals surface area contributed by atoms with Gasteiger partial charge >= 0.3 is 53.7 Å². The molecule has 0 unspecified atom stereocenters. The molecule has 0 spiro atoms. The molecule has 0 bridgehead atoms. The highest BCUT2D eigenvalue weighted by molar-refractivity contribution is 6.63. The molecule has 0 aliphatic carbocycles. The smallest absolute Gasteiger partial charge is 0.379 e. The Morgan fingerprint density at radius 1 is 0.526 bits per heavy atom. The van der Waals surface area contributed by atoms with Gasteiger partial charge < -0.3 is 26.6 Å². The van der Waals surface area contributed by atoms with Crippen LogP contribution in [0.2, 0.25) is 0 Å². The lowest BCUT2D eigenvalue weighted by Gasteiger charge is -2.43. The molecule has 0 fully saturated rings. The van der Waals surface area contributed by atoms with E-state index < -0.39 is 86.4 Å². The second-order valence-corrected chi connectivity index (χ2v) is 11.6. The highest BCUT2D eigenvalue weighted by Gasteiger charge is 2.91. The number of hydrogen-bond acceptors (Lipinski definition) is 6. The summed E-state index contributed by atoms with van der Waals surface area (Å²) >= 11 is 0. The molecular formula is C17H29F13O6Si2. The van der Waals surface area contributed by atoms with E-state index in [1.54, 1.807) is 21.3 Å². The minimum atomic E-state index is -7.55. The molecule has 0 radical (unpaired) electrons. The number of rotatable bonds is 16. The standard InChI is InChI=1S/C14H19F13O3Si.C3H10O3Si/c1-4-28-31(29-5-2,30-6-3)14(26,27)13(24,25)12(22,23)11(20,21)9(15,16)7-8-10(17,18)19;1-4-7(5-2)6-3/h4-8H2,1-3H3;7H,1-3H3. The van der Waals surface area contributed by atoms with Gasteiger partial charge in [-0.3, -0.25) is 0 Å². The topological polar surface area (TPSA) is 55.4 Å². The van der Waals surface area contributed by atoms with Gasteiger partial charge in [0, 0.05) is 54.0 Å². The Hall–Kier alpha value is -0.716. The van der Waals surface area contributed by atoms with Crippen LogP contribution in [0, 0.1) is 0 Å². The first-order valence-corrected chi connectivity index (χ1v) is 13.6. The summed E-state index contributed by atoms with van der Waals surface area (Å²) in [7, 11) is -3.23. The van der Waals surface area contributed by atoms with E-state index in [1.807, 2.05) is 0 Å². The van der Waals surface area contributed by atoms with Crippen LogP contribution >= 0.6 is 0 Å². The fraction of sp³-hybridized carbons (Fsp3) is 1.00. The van der Waals surface area contributed by atoms with E-state index in [0.717, 1.165) is 20.8 Å². The SMILES string of the molecule is CCO[Si](OCC)(OCC)C(F)(F)C(F)(F)C(F)(F)C(F)(F)C(F)(F)CCC(F)(F)F.CO[SiH](OC)OC. The summed E-state index contributed by atoms with van der Waals surface area (Å²) in [6.45, 7) is -0.0189. The maximum atomic E-state index is 14.6. The maximum absolute atomic E-state index is 14.6. The summed E-state index contributed by atoms with van der Waals surface area (Å²) in [4.78, 5) is 0. The van der Waals surface area contributed by atoms with Crippen molar-refractivity contribution in [2.24, 2.45) is 0 Å². The van der Waals surface area contributed by atoms with Crippen LogP contribution in [0.25, 0.3) is 0 Å². The molecule has 0 N–H and O–H groups in total. The van der Waals surface area contributed by atoms with Crippen molar-refractivity contribution < 1.29 is 83.6 Å². The Morgan fingerprint density at radius 3 is 1.11 bits per heavy atom. The van der Waals surface area contributed by atoms with E-state index in [9.17, 15) is 57.1 Å². The summed E-state index contributed by atoms with van der Waals surface area (Å²) in [6.07, 6.45) is -11.4. The normalized spacial score (nSPS) is 14.5. The monoisotopic (exact) mass is 632 g/mol. The first-order chi connectivity index (χ1) is 17.0. The molecule has 0 aliphatic heterocycles. The van der Waals surface area contributed by atoms with Gasteiger partial charge in [-0.2, -0.15) is 57.1 Å². The Kier molecular flexibility index (Phi) is 15.3. The molecule has 21 heteroatoms. The molecule has 0 heterocycles. The zero-order chi connectivity index (χ0) is 30.9. The molecule has 6 nitrogen and oxygen atoms in total. The Morgan fingerprint density at radius 2 is 0.868 bits per heavy atom. The molecule has 0 saturated carbocycles. The molecule has 0 amide bonds. The summed E-state index contributed by atoms with van der Waals surface area (Å²) in [5.74, 6) is -28.6. The van der Waals surface area contributed by atoms with Crippen molar-refractivity contribution in [1.82, 2.24) is 0 Å². The molecule has 0 aromatic carbocycles. The van der Waals surface area contributed by atoms with Crippen molar-refractivity contribution >= 4 is 18.3 Å². The lowest BCUT2D eigenvalue weighted by molar-refractivity contribution is -0.397. The highest BCUT2D eigenvalue weighted by Crippen LogP contribution is 2.60. The van der Waals surface area contributed by atoms with E-state index in [-0.39, 0.29) is 0 Å². The van der Waals surface area contributed by atoms with Gasteiger partial charge in [0.2, 0.25) is 0 Å². The summed E-state index contributed by atoms with van der Waals surface area (Å²) in [6, 6.07) is 0. The van der Waals surface area contributed by atoms with Crippen molar-refractivity contribution in [2.75, 3.05) is 41.2 Å². The van der Waals surface area contributed by atoms with Gasteiger partial charge in [-0.05, 0) is 20.8 Å². The fourth-order valence-corrected chi connectivity index (χ4v) is 5.58. The van der Waals surface area contributed by atoms with Crippen LogP contribution in [-0.4, -0.2) is 94.9 Å². The molecule has 0 aromatic heterocycles. The fourth-order valence-electron chi connectivity index (χ4n) is 2.53. The van der Waals surface area contributed by atoms with Crippen LogP contribution in [0.3, 0.4) is 0 Å². The Balaban J connectivity index is 0. The van der Waals surface area contributed by atoms with E-state index in [4.69, 9.17) is 13.3 Å². The molecular weight excluding hydrogens is 603 g/mol. The van der Waals surface area contributed by atoms with Crippen molar-refractivity contribution in [1.29, 1.82) is 0 Å². The van der Waals surface area contributed by atoms with Crippen LogP contribution in [0.4, 0.5) is 57.1 Å². The lowest BCUT2D eigenvalue weighted by atomic mass is 9.95. The second kappa shape index (κ2) is 14.8. The zero-order valence-corrected chi connectivity index (χ0v) is 23.1. The van der Waals surface area contributed by atoms with Crippen molar-refractivity contribution in [3.63, 3.8) is 0 Å². The second-order valence-electron chi connectivity index (χ2n) is 6.97. The van der Waals surface area contributed by atoms with E-state index >= 15 is 0 Å². The first kappa shape index (κ1) is 39.4. The average Bonchev–Trinajstić information content (AvgIpc) is 2.78. The summed E-state index contributed by atoms with van der Waals surface area (Å²) in [5.41, 5.74) is -6.39. The van der Waals surface area contributed by atoms with Gasteiger partial charge in [-0.15, -0.1) is 0 Å². The largest absolute Gasteiger partial charge is 0.582 e. The number of hydrogen-bond donors (Lipinski definition) is 0. The van der Waals surface area contributed by atoms with Crippen molar-refractivity contribution in [3.05, 3.63) is 0 Å².